The molecule has 2 amide bonds. The first-order chi connectivity index (χ1) is 12.0. The van der Waals surface area contributed by atoms with Crippen molar-refractivity contribution in [2.24, 2.45) is 0 Å². The third kappa shape index (κ3) is 5.53. The molecule has 2 N–H and O–H groups in total. The number of anilines is 2. The van der Waals surface area contributed by atoms with E-state index in [1.54, 1.807) is 31.2 Å². The van der Waals surface area contributed by atoms with Crippen LogP contribution in [-0.4, -0.2) is 18.8 Å². The smallest absolute Gasteiger partial charge is 0.434 e. The predicted octanol–water partition coefficient (Wildman–Crippen LogP) is 4.99. The SMILES string of the molecule is CCOC(=O)Oc1ccc(NC(=O)Nc2ccccc2C(C)C)cc1. The van der Waals surface area contributed by atoms with Crippen LogP contribution < -0.4 is 15.4 Å². The number of ether oxygens (including phenoxy) is 2. The van der Waals surface area contributed by atoms with Crippen molar-refractivity contribution >= 4 is 23.6 Å². The van der Waals surface area contributed by atoms with E-state index in [0.29, 0.717) is 17.4 Å². The summed E-state index contributed by atoms with van der Waals surface area (Å²) in [7, 11) is 0. The van der Waals surface area contributed by atoms with Gasteiger partial charge < -0.3 is 20.1 Å². The van der Waals surface area contributed by atoms with Gasteiger partial charge in [-0.3, -0.25) is 0 Å². The Labute approximate surface area is 147 Å². The van der Waals surface area contributed by atoms with Crippen LogP contribution in [0.2, 0.25) is 0 Å². The number of rotatable bonds is 5. The van der Waals surface area contributed by atoms with Crippen molar-refractivity contribution in [1.29, 1.82) is 0 Å². The number of hydrogen-bond acceptors (Lipinski definition) is 4. The molecule has 25 heavy (non-hydrogen) atoms. The van der Waals surface area contributed by atoms with E-state index in [-0.39, 0.29) is 12.6 Å². The quantitative estimate of drug-likeness (QED) is 0.593. The van der Waals surface area contributed by atoms with E-state index in [9.17, 15) is 9.59 Å². The van der Waals surface area contributed by atoms with E-state index in [4.69, 9.17) is 9.47 Å². The Balaban J connectivity index is 1.96. The zero-order chi connectivity index (χ0) is 18.2. The van der Waals surface area contributed by atoms with Crippen molar-refractivity contribution in [3.8, 4) is 5.75 Å². The zero-order valence-corrected chi connectivity index (χ0v) is 14.5. The van der Waals surface area contributed by atoms with Crippen LogP contribution in [0.5, 0.6) is 5.75 Å². The number of urea groups is 1. The van der Waals surface area contributed by atoms with E-state index in [0.717, 1.165) is 11.3 Å². The molecular weight excluding hydrogens is 320 g/mol. The maximum Gasteiger partial charge on any atom is 0.513 e. The number of carbonyl (C=O) groups excluding carboxylic acids is 2. The van der Waals surface area contributed by atoms with E-state index in [2.05, 4.69) is 24.5 Å². The number of para-hydroxylation sites is 1. The summed E-state index contributed by atoms with van der Waals surface area (Å²) in [6.07, 6.45) is -0.758. The highest BCUT2D eigenvalue weighted by atomic mass is 16.7. The fourth-order valence-electron chi connectivity index (χ4n) is 2.25. The lowest BCUT2D eigenvalue weighted by Gasteiger charge is -2.14. The van der Waals surface area contributed by atoms with Crippen LogP contribution in [0.3, 0.4) is 0 Å². The normalized spacial score (nSPS) is 10.2. The van der Waals surface area contributed by atoms with Crippen molar-refractivity contribution in [2.45, 2.75) is 26.7 Å². The summed E-state index contributed by atoms with van der Waals surface area (Å²) in [6.45, 7) is 6.09. The molecule has 2 rings (SSSR count). The maximum absolute atomic E-state index is 12.2. The topological polar surface area (TPSA) is 76.7 Å². The molecule has 0 fully saturated rings. The summed E-state index contributed by atoms with van der Waals surface area (Å²) in [6, 6.07) is 13.8. The predicted molar refractivity (Wildman–Crippen MR) is 97.3 cm³/mol. The van der Waals surface area contributed by atoms with Crippen molar-refractivity contribution in [3.05, 3.63) is 54.1 Å². The third-order valence-corrected chi connectivity index (χ3v) is 3.41. The first-order valence-corrected chi connectivity index (χ1v) is 8.11. The molecule has 6 heteroatoms. The Bertz CT molecular complexity index is 726. The molecule has 132 valence electrons. The molecule has 0 radical (unpaired) electrons. The largest absolute Gasteiger partial charge is 0.513 e. The molecule has 0 bridgehead atoms. The van der Waals surface area contributed by atoms with E-state index < -0.39 is 6.16 Å². The maximum atomic E-state index is 12.2. The summed E-state index contributed by atoms with van der Waals surface area (Å²) in [4.78, 5) is 23.4. The third-order valence-electron chi connectivity index (χ3n) is 3.41. The van der Waals surface area contributed by atoms with E-state index in [1.165, 1.54) is 0 Å². The highest BCUT2D eigenvalue weighted by molar-refractivity contribution is 6.00. The molecule has 0 heterocycles. The summed E-state index contributed by atoms with van der Waals surface area (Å²) in [5.41, 5.74) is 2.42. The minimum atomic E-state index is -0.758. The molecule has 0 spiro atoms. The molecule has 0 saturated carbocycles. The Morgan fingerprint density at radius 3 is 2.32 bits per heavy atom. The van der Waals surface area contributed by atoms with Crippen LogP contribution in [0.1, 0.15) is 32.3 Å². The number of hydrogen-bond donors (Lipinski definition) is 2. The van der Waals surface area contributed by atoms with Crippen LogP contribution in [0.15, 0.2) is 48.5 Å². The summed E-state index contributed by atoms with van der Waals surface area (Å²) < 4.78 is 9.66. The molecular formula is C19H22N2O4. The van der Waals surface area contributed by atoms with Crippen molar-refractivity contribution in [1.82, 2.24) is 0 Å². The van der Waals surface area contributed by atoms with Crippen molar-refractivity contribution < 1.29 is 19.1 Å². The van der Waals surface area contributed by atoms with Gasteiger partial charge in [-0.1, -0.05) is 32.0 Å². The van der Waals surface area contributed by atoms with Gasteiger partial charge in [0.2, 0.25) is 0 Å². The van der Waals surface area contributed by atoms with E-state index >= 15 is 0 Å². The highest BCUT2D eigenvalue weighted by Crippen LogP contribution is 2.24. The van der Waals surface area contributed by atoms with Gasteiger partial charge in [-0.15, -0.1) is 0 Å². The molecule has 0 aromatic heterocycles. The number of benzene rings is 2. The average molecular weight is 342 g/mol. The molecule has 2 aromatic rings. The van der Waals surface area contributed by atoms with Crippen molar-refractivity contribution in [3.63, 3.8) is 0 Å². The molecule has 0 aliphatic carbocycles. The van der Waals surface area contributed by atoms with Gasteiger partial charge in [0.15, 0.2) is 0 Å². The molecule has 0 unspecified atom stereocenters. The second-order valence-electron chi connectivity index (χ2n) is 5.63. The summed E-state index contributed by atoms with van der Waals surface area (Å²) >= 11 is 0. The minimum Gasteiger partial charge on any atom is -0.434 e. The van der Waals surface area contributed by atoms with Crippen LogP contribution in [0, 0.1) is 0 Å². The number of carbonyl (C=O) groups is 2. The van der Waals surface area contributed by atoms with Crippen LogP contribution in [0.4, 0.5) is 21.0 Å². The standard InChI is InChI=1S/C19H22N2O4/c1-4-24-19(23)25-15-11-9-14(10-12-15)20-18(22)21-17-8-6-5-7-16(17)13(2)3/h5-13H,4H2,1-3H3,(H2,20,21,22). The second kappa shape index (κ2) is 8.73. The molecule has 2 aromatic carbocycles. The molecule has 0 saturated heterocycles. The van der Waals surface area contributed by atoms with Gasteiger partial charge in [0.05, 0.1) is 6.61 Å². The molecule has 0 aliphatic heterocycles. The van der Waals surface area contributed by atoms with Gasteiger partial charge in [0.1, 0.15) is 5.75 Å². The lowest BCUT2D eigenvalue weighted by molar-refractivity contribution is 0.104. The second-order valence-corrected chi connectivity index (χ2v) is 5.63. The highest BCUT2D eigenvalue weighted by Gasteiger charge is 2.10. The van der Waals surface area contributed by atoms with Crippen molar-refractivity contribution in [2.75, 3.05) is 17.2 Å². The van der Waals surface area contributed by atoms with Gasteiger partial charge in [-0.25, -0.2) is 9.59 Å². The molecule has 6 nitrogen and oxygen atoms in total. The molecule has 0 atom stereocenters. The van der Waals surface area contributed by atoms with Gasteiger partial charge >= 0.3 is 12.2 Å². The first kappa shape index (κ1) is 18.3. The lowest BCUT2D eigenvalue weighted by Crippen LogP contribution is -2.20. The summed E-state index contributed by atoms with van der Waals surface area (Å²) in [5.74, 6) is 0.644. The molecule has 0 aliphatic rings. The average Bonchev–Trinajstić information content (AvgIpc) is 2.57. The van der Waals surface area contributed by atoms with Crippen LogP contribution in [-0.2, 0) is 4.74 Å². The zero-order valence-electron chi connectivity index (χ0n) is 14.5. The van der Waals surface area contributed by atoms with Gasteiger partial charge in [0, 0.05) is 11.4 Å². The summed E-state index contributed by atoms with van der Waals surface area (Å²) in [5, 5.41) is 5.59. The Kier molecular flexibility index (Phi) is 6.39. The van der Waals surface area contributed by atoms with Gasteiger partial charge in [-0.2, -0.15) is 0 Å². The minimum absolute atomic E-state index is 0.247. The first-order valence-electron chi connectivity index (χ1n) is 8.11. The van der Waals surface area contributed by atoms with Gasteiger partial charge in [0.25, 0.3) is 0 Å². The monoisotopic (exact) mass is 342 g/mol. The van der Waals surface area contributed by atoms with E-state index in [1.807, 2.05) is 24.3 Å². The Morgan fingerprint density at radius 1 is 1.00 bits per heavy atom. The Hall–Kier alpha value is -3.02. The Morgan fingerprint density at radius 2 is 1.68 bits per heavy atom. The van der Waals surface area contributed by atoms with Gasteiger partial charge in [-0.05, 0) is 48.7 Å². The van der Waals surface area contributed by atoms with Crippen LogP contribution >= 0.6 is 0 Å². The van der Waals surface area contributed by atoms with Crippen LogP contribution in [0.25, 0.3) is 0 Å². The number of nitrogens with one attached hydrogen (secondary N) is 2. The number of amides is 2. The fraction of sp³-hybridized carbons (Fsp3) is 0.263. The lowest BCUT2D eigenvalue weighted by atomic mass is 10.0. The fourth-order valence-corrected chi connectivity index (χ4v) is 2.25.